The number of pyridine rings is 1. The van der Waals surface area contributed by atoms with Gasteiger partial charge in [0.2, 0.25) is 0 Å². The predicted molar refractivity (Wildman–Crippen MR) is 67.6 cm³/mol. The van der Waals surface area contributed by atoms with Crippen LogP contribution in [0.15, 0.2) is 16.7 Å². The Morgan fingerprint density at radius 2 is 2.19 bits per heavy atom. The molecule has 0 saturated carbocycles. The van der Waals surface area contributed by atoms with Crippen LogP contribution in [0.2, 0.25) is 0 Å². The lowest BCUT2D eigenvalue weighted by Gasteiger charge is -2.09. The molecule has 16 heavy (non-hydrogen) atoms. The minimum absolute atomic E-state index is 0.455. The molecule has 2 aromatic rings. The molecule has 0 amide bonds. The molecular weight excluding hydrogens is 268 g/mol. The summed E-state index contributed by atoms with van der Waals surface area (Å²) in [6, 6.07) is 2.03. The largest absolute Gasteiger partial charge is 0.387 e. The zero-order valence-corrected chi connectivity index (χ0v) is 11.2. The Labute approximate surface area is 103 Å². The summed E-state index contributed by atoms with van der Waals surface area (Å²) in [6.45, 7) is 5.93. The fraction of sp³-hybridized carbons (Fsp3) is 0.417. The summed E-state index contributed by atoms with van der Waals surface area (Å²) in [7, 11) is 0. The summed E-state index contributed by atoms with van der Waals surface area (Å²) in [5, 5.41) is 10.0. The topological polar surface area (TPSA) is 37.5 Å². The number of hydrogen-bond donors (Lipinski definition) is 1. The van der Waals surface area contributed by atoms with Crippen LogP contribution < -0.4 is 0 Å². The summed E-state index contributed by atoms with van der Waals surface area (Å²) < 4.78 is 2.97. The molecule has 0 bridgehead atoms. The molecule has 2 heterocycles. The molecule has 86 valence electrons. The van der Waals surface area contributed by atoms with Crippen LogP contribution in [0.3, 0.4) is 0 Å². The highest BCUT2D eigenvalue weighted by Crippen LogP contribution is 2.25. The van der Waals surface area contributed by atoms with Crippen molar-refractivity contribution in [2.75, 3.05) is 0 Å². The molecule has 1 N–H and O–H groups in total. The maximum atomic E-state index is 10.0. The molecule has 0 aliphatic carbocycles. The molecule has 1 atom stereocenters. The molecule has 1 unspecified atom stereocenters. The number of aryl methyl sites for hydroxylation is 2. The smallest absolute Gasteiger partial charge is 0.140 e. The van der Waals surface area contributed by atoms with E-state index in [-0.39, 0.29) is 0 Å². The van der Waals surface area contributed by atoms with Gasteiger partial charge in [0.15, 0.2) is 0 Å². The second-order valence-corrected chi connectivity index (χ2v) is 4.96. The van der Waals surface area contributed by atoms with E-state index in [1.807, 2.05) is 37.4 Å². The molecule has 2 aromatic heterocycles. The van der Waals surface area contributed by atoms with E-state index in [0.717, 1.165) is 27.1 Å². The normalized spacial score (nSPS) is 13.3. The first-order chi connectivity index (χ1) is 7.54. The molecular formula is C12H15BrN2O. The molecule has 0 saturated heterocycles. The Hall–Kier alpha value is -0.870. The van der Waals surface area contributed by atoms with Crippen LogP contribution in [0.1, 0.15) is 36.4 Å². The van der Waals surface area contributed by atoms with Crippen LogP contribution >= 0.6 is 15.9 Å². The third-order valence-electron chi connectivity index (χ3n) is 2.79. The second-order valence-electron chi connectivity index (χ2n) is 4.04. The molecule has 0 aliphatic rings. The van der Waals surface area contributed by atoms with Crippen LogP contribution in [0.5, 0.6) is 0 Å². The number of rotatable bonds is 2. The molecule has 0 radical (unpaired) electrons. The van der Waals surface area contributed by atoms with Crippen molar-refractivity contribution in [2.45, 2.75) is 33.3 Å². The number of halogens is 1. The van der Waals surface area contributed by atoms with Gasteiger partial charge in [-0.3, -0.25) is 4.40 Å². The number of aliphatic hydroxyl groups excluding tert-OH is 1. The van der Waals surface area contributed by atoms with Gasteiger partial charge in [0, 0.05) is 10.7 Å². The number of nitrogens with zero attached hydrogens (tertiary/aromatic N) is 2. The minimum Gasteiger partial charge on any atom is -0.387 e. The first-order valence-corrected chi connectivity index (χ1v) is 6.16. The van der Waals surface area contributed by atoms with Crippen LogP contribution in [-0.4, -0.2) is 14.5 Å². The van der Waals surface area contributed by atoms with Gasteiger partial charge in [0.25, 0.3) is 0 Å². The highest BCUT2D eigenvalue weighted by molar-refractivity contribution is 9.10. The van der Waals surface area contributed by atoms with Gasteiger partial charge in [-0.2, -0.15) is 0 Å². The average Bonchev–Trinajstić information content (AvgIpc) is 2.54. The zero-order valence-electron chi connectivity index (χ0n) is 9.66. The van der Waals surface area contributed by atoms with Gasteiger partial charge in [-0.25, -0.2) is 4.98 Å². The Kier molecular flexibility index (Phi) is 3.04. The number of aromatic nitrogens is 2. The summed E-state index contributed by atoms with van der Waals surface area (Å²) in [5.74, 6) is 0. The third kappa shape index (κ3) is 1.76. The van der Waals surface area contributed by atoms with Crippen LogP contribution in [0.4, 0.5) is 0 Å². The highest BCUT2D eigenvalue weighted by Gasteiger charge is 2.16. The standard InChI is InChI=1S/C12H15BrN2O/c1-4-10(16)11-8(3)14-12-7(2)5-9(13)6-15(11)12/h5-6,10,16H,4H2,1-3H3. The van der Waals surface area contributed by atoms with E-state index in [9.17, 15) is 5.11 Å². The Bertz CT molecular complexity index is 533. The number of fused-ring (bicyclic) bond motifs is 1. The molecule has 4 heteroatoms. The maximum Gasteiger partial charge on any atom is 0.140 e. The lowest BCUT2D eigenvalue weighted by Crippen LogP contribution is -2.02. The van der Waals surface area contributed by atoms with Crippen molar-refractivity contribution in [3.05, 3.63) is 33.7 Å². The van der Waals surface area contributed by atoms with E-state index in [4.69, 9.17) is 0 Å². The molecule has 0 fully saturated rings. The predicted octanol–water partition coefficient (Wildman–Crippen LogP) is 3.16. The third-order valence-corrected chi connectivity index (χ3v) is 3.23. The SMILES string of the molecule is CCC(O)c1c(C)nc2c(C)cc(Br)cn12. The van der Waals surface area contributed by atoms with Crippen molar-refractivity contribution in [2.24, 2.45) is 0 Å². The van der Waals surface area contributed by atoms with Gasteiger partial charge in [-0.15, -0.1) is 0 Å². The van der Waals surface area contributed by atoms with Gasteiger partial charge in [0.1, 0.15) is 5.65 Å². The van der Waals surface area contributed by atoms with Crippen molar-refractivity contribution in [1.29, 1.82) is 0 Å². The first kappa shape index (κ1) is 11.6. The summed E-state index contributed by atoms with van der Waals surface area (Å²) >= 11 is 3.47. The average molecular weight is 283 g/mol. The summed E-state index contributed by atoms with van der Waals surface area (Å²) in [6.07, 6.45) is 2.19. The van der Waals surface area contributed by atoms with E-state index in [0.29, 0.717) is 6.42 Å². The van der Waals surface area contributed by atoms with E-state index in [1.165, 1.54) is 0 Å². The van der Waals surface area contributed by atoms with Crippen molar-refractivity contribution >= 4 is 21.6 Å². The van der Waals surface area contributed by atoms with Crippen LogP contribution in [0.25, 0.3) is 5.65 Å². The quantitative estimate of drug-likeness (QED) is 0.919. The van der Waals surface area contributed by atoms with Crippen LogP contribution in [-0.2, 0) is 0 Å². The fourth-order valence-corrected chi connectivity index (χ4v) is 2.54. The molecule has 2 rings (SSSR count). The lowest BCUT2D eigenvalue weighted by atomic mass is 10.2. The monoisotopic (exact) mass is 282 g/mol. The molecule has 3 nitrogen and oxygen atoms in total. The van der Waals surface area contributed by atoms with E-state index < -0.39 is 6.10 Å². The minimum atomic E-state index is -0.455. The van der Waals surface area contributed by atoms with Gasteiger partial charge >= 0.3 is 0 Å². The van der Waals surface area contributed by atoms with Crippen molar-refractivity contribution < 1.29 is 5.11 Å². The van der Waals surface area contributed by atoms with E-state index in [2.05, 4.69) is 20.9 Å². The molecule has 0 spiro atoms. The van der Waals surface area contributed by atoms with Gasteiger partial charge in [-0.1, -0.05) is 6.92 Å². The maximum absolute atomic E-state index is 10.0. The van der Waals surface area contributed by atoms with Crippen molar-refractivity contribution in [3.63, 3.8) is 0 Å². The van der Waals surface area contributed by atoms with Gasteiger partial charge < -0.3 is 5.11 Å². The lowest BCUT2D eigenvalue weighted by molar-refractivity contribution is 0.167. The Morgan fingerprint density at radius 3 is 2.81 bits per heavy atom. The van der Waals surface area contributed by atoms with Crippen molar-refractivity contribution in [1.82, 2.24) is 9.38 Å². The zero-order chi connectivity index (χ0) is 11.9. The van der Waals surface area contributed by atoms with Gasteiger partial charge in [0.05, 0.1) is 17.5 Å². The summed E-state index contributed by atoms with van der Waals surface area (Å²) in [4.78, 5) is 4.50. The first-order valence-electron chi connectivity index (χ1n) is 5.37. The van der Waals surface area contributed by atoms with Gasteiger partial charge in [-0.05, 0) is 47.8 Å². The summed E-state index contributed by atoms with van der Waals surface area (Å²) in [5.41, 5.74) is 3.81. The number of aliphatic hydroxyl groups is 1. The van der Waals surface area contributed by atoms with E-state index in [1.54, 1.807) is 0 Å². The van der Waals surface area contributed by atoms with Crippen LogP contribution in [0, 0.1) is 13.8 Å². The van der Waals surface area contributed by atoms with E-state index >= 15 is 0 Å². The Morgan fingerprint density at radius 1 is 1.50 bits per heavy atom. The molecule has 0 aliphatic heterocycles. The highest BCUT2D eigenvalue weighted by atomic mass is 79.9. The molecule has 0 aromatic carbocycles. The fourth-order valence-electron chi connectivity index (χ4n) is 1.99. The number of hydrogen-bond acceptors (Lipinski definition) is 2. The Balaban J connectivity index is 2.78. The number of imidazole rings is 1. The second kappa shape index (κ2) is 4.18. The van der Waals surface area contributed by atoms with Crippen molar-refractivity contribution in [3.8, 4) is 0 Å².